The lowest BCUT2D eigenvalue weighted by Gasteiger charge is -2.27. The third-order valence-corrected chi connectivity index (χ3v) is 6.47. The first-order valence-corrected chi connectivity index (χ1v) is 11.8. The van der Waals surface area contributed by atoms with E-state index >= 15 is 0 Å². The number of hydrogen-bond acceptors (Lipinski definition) is 3. The Balaban J connectivity index is 1.56. The molecule has 2 atom stereocenters. The van der Waals surface area contributed by atoms with Crippen molar-refractivity contribution in [1.82, 2.24) is 5.32 Å². The second-order valence-electron chi connectivity index (χ2n) is 8.34. The first-order valence-electron chi connectivity index (χ1n) is 11.4. The number of alkyl halides is 1. The Morgan fingerprint density at radius 2 is 1.74 bits per heavy atom. The molecule has 0 saturated heterocycles. The number of para-hydroxylation sites is 1. The highest BCUT2D eigenvalue weighted by Crippen LogP contribution is 2.37. The van der Waals surface area contributed by atoms with E-state index in [1.165, 1.54) is 0 Å². The van der Waals surface area contributed by atoms with Gasteiger partial charge in [0.15, 0.2) is 0 Å². The van der Waals surface area contributed by atoms with Gasteiger partial charge in [0.25, 0.3) is 11.8 Å². The highest BCUT2D eigenvalue weighted by Gasteiger charge is 2.32. The minimum absolute atomic E-state index is 0.0901. The van der Waals surface area contributed by atoms with Crippen LogP contribution in [0.25, 0.3) is 0 Å². The molecule has 0 radical (unpaired) electrons. The molecule has 1 heterocycles. The van der Waals surface area contributed by atoms with E-state index in [2.05, 4.69) is 17.2 Å². The topological polar surface area (TPSA) is 61.4 Å². The molecule has 3 aromatic carbocycles. The van der Waals surface area contributed by atoms with Crippen LogP contribution in [0.4, 0.5) is 11.4 Å². The quantitative estimate of drug-likeness (QED) is 0.259. The molecule has 6 heteroatoms. The molecule has 0 aromatic heterocycles. The summed E-state index contributed by atoms with van der Waals surface area (Å²) in [6.07, 6.45) is 3.29. The summed E-state index contributed by atoms with van der Waals surface area (Å²) in [7, 11) is 0. The number of benzene rings is 3. The number of carbonyl (C=O) groups is 2. The summed E-state index contributed by atoms with van der Waals surface area (Å²) < 4.78 is 0. The average Bonchev–Trinajstić information content (AvgIpc) is 2.99. The van der Waals surface area contributed by atoms with E-state index in [1.807, 2.05) is 55.5 Å². The van der Waals surface area contributed by atoms with Crippen LogP contribution >= 0.6 is 11.6 Å². The lowest BCUT2D eigenvalue weighted by Crippen LogP contribution is -2.37. The molecule has 2 unspecified atom stereocenters. The molecule has 0 bridgehead atoms. The molecule has 0 saturated carbocycles. The molecule has 2 amide bonds. The first kappa shape index (κ1) is 23.7. The summed E-state index contributed by atoms with van der Waals surface area (Å²) in [5.41, 5.74) is 4.04. The van der Waals surface area contributed by atoms with Crippen molar-refractivity contribution in [1.29, 1.82) is 0 Å². The molecule has 1 aliphatic heterocycles. The van der Waals surface area contributed by atoms with Crippen molar-refractivity contribution < 1.29 is 9.59 Å². The van der Waals surface area contributed by atoms with Crippen LogP contribution < -0.4 is 15.5 Å². The molecular formula is C28H28ClN3O2. The summed E-state index contributed by atoms with van der Waals surface area (Å²) in [6.45, 7) is 6.36. The summed E-state index contributed by atoms with van der Waals surface area (Å²) in [4.78, 5) is 27.8. The smallest absolute Gasteiger partial charge is 0.259 e. The summed E-state index contributed by atoms with van der Waals surface area (Å²) in [5, 5.41) is 6.37. The van der Waals surface area contributed by atoms with Crippen LogP contribution in [0.15, 0.2) is 85.5 Å². The van der Waals surface area contributed by atoms with E-state index in [1.54, 1.807) is 35.2 Å². The molecular weight excluding hydrogens is 446 g/mol. The van der Waals surface area contributed by atoms with E-state index in [0.29, 0.717) is 29.8 Å². The van der Waals surface area contributed by atoms with E-state index < -0.39 is 5.50 Å². The number of nitrogens with zero attached hydrogens (tertiary/aromatic N) is 1. The fraction of sp³-hybridized carbons (Fsp3) is 0.214. The molecule has 0 aliphatic carbocycles. The lowest BCUT2D eigenvalue weighted by molar-refractivity contribution is 0.0982. The standard InChI is InChI=1S/C28H28ClN3O2/c1-3-18-30-24-16-17-26(29)32(25-11-7-6-10-23(24)25)28(34)20-12-14-21(15-13-20)31-27(33)22-9-5-4-8-19(22)2/h3-15,24,26,30H,1,16-18H2,2H3,(H,31,33). The lowest BCUT2D eigenvalue weighted by atomic mass is 10.0. The first-order chi connectivity index (χ1) is 16.5. The van der Waals surface area contributed by atoms with Gasteiger partial charge in [0.2, 0.25) is 0 Å². The van der Waals surface area contributed by atoms with Crippen LogP contribution in [0.5, 0.6) is 0 Å². The fourth-order valence-corrected chi connectivity index (χ4v) is 4.60. The van der Waals surface area contributed by atoms with E-state index in [-0.39, 0.29) is 17.9 Å². The van der Waals surface area contributed by atoms with Crippen LogP contribution in [-0.2, 0) is 0 Å². The van der Waals surface area contributed by atoms with Gasteiger partial charge in [0.05, 0.1) is 5.69 Å². The molecule has 2 N–H and O–H groups in total. The highest BCUT2D eigenvalue weighted by atomic mass is 35.5. The average molecular weight is 474 g/mol. The van der Waals surface area contributed by atoms with Crippen LogP contribution in [0, 0.1) is 6.92 Å². The van der Waals surface area contributed by atoms with E-state index in [9.17, 15) is 9.59 Å². The van der Waals surface area contributed by atoms with Crippen molar-refractivity contribution in [3.63, 3.8) is 0 Å². The van der Waals surface area contributed by atoms with Crippen molar-refractivity contribution in [2.45, 2.75) is 31.3 Å². The minimum atomic E-state index is -0.468. The highest BCUT2D eigenvalue weighted by molar-refractivity contribution is 6.26. The van der Waals surface area contributed by atoms with Crippen molar-refractivity contribution in [3.8, 4) is 0 Å². The monoisotopic (exact) mass is 473 g/mol. The Hall–Kier alpha value is -3.41. The van der Waals surface area contributed by atoms with Crippen LogP contribution in [-0.4, -0.2) is 23.9 Å². The van der Waals surface area contributed by atoms with Crippen molar-refractivity contribution in [3.05, 3.63) is 108 Å². The summed E-state index contributed by atoms with van der Waals surface area (Å²) >= 11 is 6.74. The maximum Gasteiger partial charge on any atom is 0.259 e. The molecule has 1 aliphatic rings. The summed E-state index contributed by atoms with van der Waals surface area (Å²) in [6, 6.07) is 22.3. The maximum absolute atomic E-state index is 13.6. The number of hydrogen-bond donors (Lipinski definition) is 2. The second-order valence-corrected chi connectivity index (χ2v) is 8.85. The molecule has 4 rings (SSSR count). The molecule has 34 heavy (non-hydrogen) atoms. The zero-order chi connectivity index (χ0) is 24.1. The molecule has 0 fully saturated rings. The third-order valence-electron chi connectivity index (χ3n) is 6.05. The van der Waals surface area contributed by atoms with Crippen molar-refractivity contribution >= 4 is 34.8 Å². The molecule has 174 valence electrons. The number of nitrogens with one attached hydrogen (secondary N) is 2. The number of aryl methyl sites for hydroxylation is 1. The normalized spacial score (nSPS) is 17.4. The van der Waals surface area contributed by atoms with Crippen LogP contribution in [0.2, 0.25) is 0 Å². The molecule has 5 nitrogen and oxygen atoms in total. The number of amides is 2. The molecule has 3 aromatic rings. The Kier molecular flexibility index (Phi) is 7.46. The summed E-state index contributed by atoms with van der Waals surface area (Å²) in [5.74, 6) is -0.355. The minimum Gasteiger partial charge on any atom is -0.322 e. The van der Waals surface area contributed by atoms with E-state index in [0.717, 1.165) is 23.2 Å². The number of rotatable bonds is 6. The van der Waals surface area contributed by atoms with Crippen LogP contribution in [0.3, 0.4) is 0 Å². The van der Waals surface area contributed by atoms with Gasteiger partial charge in [-0.3, -0.25) is 14.5 Å². The van der Waals surface area contributed by atoms with Crippen molar-refractivity contribution in [2.24, 2.45) is 0 Å². The SMILES string of the molecule is C=CCNC1CCC(Cl)N(C(=O)c2ccc(NC(=O)c3ccccc3C)cc2)c2ccccc21. The number of anilines is 2. The van der Waals surface area contributed by atoms with Crippen molar-refractivity contribution in [2.75, 3.05) is 16.8 Å². The number of fused-ring (bicyclic) bond motifs is 1. The van der Waals surface area contributed by atoms with Crippen LogP contribution in [0.1, 0.15) is 50.7 Å². The van der Waals surface area contributed by atoms with Gasteiger partial charge in [-0.15, -0.1) is 6.58 Å². The fourth-order valence-electron chi connectivity index (χ4n) is 4.28. The van der Waals surface area contributed by atoms with Gasteiger partial charge in [-0.05, 0) is 67.3 Å². The van der Waals surface area contributed by atoms with E-state index in [4.69, 9.17) is 11.6 Å². The van der Waals surface area contributed by atoms with Gasteiger partial charge in [-0.1, -0.05) is 54.1 Å². The Morgan fingerprint density at radius 3 is 2.47 bits per heavy atom. The number of halogens is 1. The van der Waals surface area contributed by atoms with Gasteiger partial charge >= 0.3 is 0 Å². The Bertz CT molecular complexity index is 1190. The third kappa shape index (κ3) is 5.06. The predicted octanol–water partition coefficient (Wildman–Crippen LogP) is 6.07. The van der Waals surface area contributed by atoms with Gasteiger partial charge in [-0.2, -0.15) is 0 Å². The zero-order valence-corrected chi connectivity index (χ0v) is 19.9. The largest absolute Gasteiger partial charge is 0.322 e. The maximum atomic E-state index is 13.6. The number of carbonyl (C=O) groups excluding carboxylic acids is 2. The molecule has 0 spiro atoms. The van der Waals surface area contributed by atoms with Gasteiger partial charge in [0, 0.05) is 29.4 Å². The Labute approximate surface area is 205 Å². The predicted molar refractivity (Wildman–Crippen MR) is 139 cm³/mol. The Morgan fingerprint density at radius 1 is 1.03 bits per heavy atom. The zero-order valence-electron chi connectivity index (χ0n) is 19.1. The van der Waals surface area contributed by atoms with Gasteiger partial charge < -0.3 is 10.6 Å². The van der Waals surface area contributed by atoms with Gasteiger partial charge in [-0.25, -0.2) is 0 Å². The second kappa shape index (κ2) is 10.7. The van der Waals surface area contributed by atoms with Gasteiger partial charge in [0.1, 0.15) is 5.50 Å².